The lowest BCUT2D eigenvalue weighted by molar-refractivity contribution is -1.02. The molecule has 4 nitrogen and oxygen atoms in total. The zero-order chi connectivity index (χ0) is 17.5. The molecule has 0 spiro atoms. The standard InChI is InChI=1S/C21H33N3O/c1-18(21(25)22-20-11-7-2-3-8-12-20)24-15-13-23(14-16-24)17-19-9-5-4-6-10-19/h4-6,9-10,18,20H,2-3,7-8,11-17H2,1H3,(H,22,25)/p+2/t18-/m1/s1. The molecule has 0 unspecified atom stereocenters. The molecule has 0 radical (unpaired) electrons. The number of carbonyl (C=O) groups excluding carboxylic acids is 1. The molecule has 0 bridgehead atoms. The number of hydrogen-bond donors (Lipinski definition) is 3. The average molecular weight is 346 g/mol. The number of hydrogen-bond acceptors (Lipinski definition) is 1. The number of quaternary nitrogens is 2. The summed E-state index contributed by atoms with van der Waals surface area (Å²) in [5, 5.41) is 3.34. The van der Waals surface area contributed by atoms with Gasteiger partial charge in [0, 0.05) is 11.6 Å². The first kappa shape index (κ1) is 18.4. The maximum atomic E-state index is 12.7. The van der Waals surface area contributed by atoms with Gasteiger partial charge in [-0.1, -0.05) is 56.0 Å². The maximum absolute atomic E-state index is 12.7. The fourth-order valence-corrected chi connectivity index (χ4v) is 4.35. The minimum Gasteiger partial charge on any atom is -0.348 e. The number of rotatable bonds is 5. The van der Waals surface area contributed by atoms with Crippen LogP contribution in [-0.2, 0) is 11.3 Å². The number of amides is 1. The van der Waals surface area contributed by atoms with Crippen LogP contribution in [0.25, 0.3) is 0 Å². The van der Waals surface area contributed by atoms with E-state index in [-0.39, 0.29) is 11.9 Å². The van der Waals surface area contributed by atoms with E-state index in [0.29, 0.717) is 6.04 Å². The van der Waals surface area contributed by atoms with Crippen molar-refractivity contribution >= 4 is 5.91 Å². The van der Waals surface area contributed by atoms with Gasteiger partial charge < -0.3 is 15.1 Å². The molecule has 2 aliphatic rings. The quantitative estimate of drug-likeness (QED) is 0.655. The molecule has 1 aromatic carbocycles. The Bertz CT molecular complexity index is 517. The Kier molecular flexibility index (Phi) is 6.88. The summed E-state index contributed by atoms with van der Waals surface area (Å²) >= 11 is 0. The van der Waals surface area contributed by atoms with Crippen LogP contribution in [-0.4, -0.2) is 44.2 Å². The third-order valence-electron chi connectivity index (χ3n) is 6.10. The summed E-state index contributed by atoms with van der Waals surface area (Å²) in [6.07, 6.45) is 7.55. The van der Waals surface area contributed by atoms with Crippen LogP contribution in [0.1, 0.15) is 51.0 Å². The monoisotopic (exact) mass is 345 g/mol. The Labute approximate surface area is 152 Å². The zero-order valence-corrected chi connectivity index (χ0v) is 15.7. The molecule has 1 aliphatic carbocycles. The average Bonchev–Trinajstić information content (AvgIpc) is 2.91. The van der Waals surface area contributed by atoms with Crippen molar-refractivity contribution in [3.63, 3.8) is 0 Å². The Morgan fingerprint density at radius 1 is 1.04 bits per heavy atom. The van der Waals surface area contributed by atoms with E-state index in [1.54, 1.807) is 4.90 Å². The van der Waals surface area contributed by atoms with E-state index < -0.39 is 0 Å². The van der Waals surface area contributed by atoms with E-state index in [9.17, 15) is 4.79 Å². The molecule has 1 amide bonds. The van der Waals surface area contributed by atoms with Crippen molar-refractivity contribution in [3.8, 4) is 0 Å². The van der Waals surface area contributed by atoms with Gasteiger partial charge in [-0.2, -0.15) is 0 Å². The fraction of sp³-hybridized carbons (Fsp3) is 0.667. The summed E-state index contributed by atoms with van der Waals surface area (Å²) in [7, 11) is 0. The van der Waals surface area contributed by atoms with Crippen LogP contribution in [0.3, 0.4) is 0 Å². The van der Waals surface area contributed by atoms with Crippen molar-refractivity contribution in [1.82, 2.24) is 5.32 Å². The van der Waals surface area contributed by atoms with Gasteiger partial charge in [0.05, 0.1) is 0 Å². The summed E-state index contributed by atoms with van der Waals surface area (Å²) in [6.45, 7) is 7.74. The second-order valence-corrected chi connectivity index (χ2v) is 7.99. The van der Waals surface area contributed by atoms with Gasteiger partial charge in [0.1, 0.15) is 32.7 Å². The molecule has 138 valence electrons. The van der Waals surface area contributed by atoms with Gasteiger partial charge >= 0.3 is 0 Å². The molecule has 1 atom stereocenters. The molecule has 25 heavy (non-hydrogen) atoms. The predicted octanol–water partition coefficient (Wildman–Crippen LogP) is 0.198. The Morgan fingerprint density at radius 2 is 1.68 bits per heavy atom. The smallest absolute Gasteiger partial charge is 0.278 e. The summed E-state index contributed by atoms with van der Waals surface area (Å²) in [4.78, 5) is 15.8. The molecule has 0 aromatic heterocycles. The van der Waals surface area contributed by atoms with Crippen LogP contribution in [0.15, 0.2) is 30.3 Å². The lowest BCUT2D eigenvalue weighted by atomic mass is 10.1. The fourth-order valence-electron chi connectivity index (χ4n) is 4.35. The number of carbonyl (C=O) groups is 1. The first-order chi connectivity index (χ1) is 12.2. The van der Waals surface area contributed by atoms with E-state index in [2.05, 4.69) is 42.6 Å². The van der Waals surface area contributed by atoms with E-state index >= 15 is 0 Å². The molecular weight excluding hydrogens is 310 g/mol. The Morgan fingerprint density at radius 3 is 2.32 bits per heavy atom. The third kappa shape index (κ3) is 5.55. The summed E-state index contributed by atoms with van der Waals surface area (Å²) in [6, 6.07) is 11.3. The van der Waals surface area contributed by atoms with E-state index in [0.717, 1.165) is 32.7 Å². The highest BCUT2D eigenvalue weighted by Crippen LogP contribution is 2.17. The predicted molar refractivity (Wildman–Crippen MR) is 101 cm³/mol. The largest absolute Gasteiger partial charge is 0.348 e. The molecule has 1 aromatic rings. The van der Waals surface area contributed by atoms with Crippen LogP contribution in [0, 0.1) is 0 Å². The van der Waals surface area contributed by atoms with Crippen molar-refractivity contribution in [2.24, 2.45) is 0 Å². The minimum absolute atomic E-state index is 0.0847. The van der Waals surface area contributed by atoms with Gasteiger partial charge in [-0.05, 0) is 19.8 Å². The number of benzene rings is 1. The lowest BCUT2D eigenvalue weighted by Gasteiger charge is -2.33. The molecular formula is C21H35N3O+2. The van der Waals surface area contributed by atoms with E-state index in [1.807, 2.05) is 0 Å². The van der Waals surface area contributed by atoms with Gasteiger partial charge in [-0.25, -0.2) is 0 Å². The van der Waals surface area contributed by atoms with Crippen molar-refractivity contribution in [1.29, 1.82) is 0 Å². The SMILES string of the molecule is C[C@H](C(=O)NC1CCCCCC1)[NH+]1CC[NH+](Cc2ccccc2)CC1. The van der Waals surface area contributed by atoms with Gasteiger partial charge in [-0.15, -0.1) is 0 Å². The van der Waals surface area contributed by atoms with E-state index in [4.69, 9.17) is 0 Å². The van der Waals surface area contributed by atoms with Crippen LogP contribution in [0.2, 0.25) is 0 Å². The molecule has 1 heterocycles. The lowest BCUT2D eigenvalue weighted by Crippen LogP contribution is -3.29. The third-order valence-corrected chi connectivity index (χ3v) is 6.10. The zero-order valence-electron chi connectivity index (χ0n) is 15.7. The van der Waals surface area contributed by atoms with Gasteiger partial charge in [0.15, 0.2) is 6.04 Å². The second kappa shape index (κ2) is 9.35. The normalized spacial score (nSPS) is 26.6. The van der Waals surface area contributed by atoms with Crippen LogP contribution in [0.5, 0.6) is 0 Å². The van der Waals surface area contributed by atoms with Crippen molar-refractivity contribution in [2.75, 3.05) is 26.2 Å². The summed E-state index contributed by atoms with van der Waals surface area (Å²) in [5.41, 5.74) is 1.42. The Hall–Kier alpha value is -1.39. The summed E-state index contributed by atoms with van der Waals surface area (Å²) in [5.74, 6) is 0.272. The molecule has 3 N–H and O–H groups in total. The minimum atomic E-state index is 0.0847. The van der Waals surface area contributed by atoms with Crippen molar-refractivity contribution < 1.29 is 14.6 Å². The van der Waals surface area contributed by atoms with Gasteiger partial charge in [-0.3, -0.25) is 4.79 Å². The molecule has 1 saturated heterocycles. The molecule has 2 fully saturated rings. The van der Waals surface area contributed by atoms with Gasteiger partial charge in [0.2, 0.25) is 0 Å². The molecule has 1 aliphatic heterocycles. The highest BCUT2D eigenvalue weighted by Gasteiger charge is 2.31. The first-order valence-electron chi connectivity index (χ1n) is 10.2. The van der Waals surface area contributed by atoms with Crippen LogP contribution < -0.4 is 15.1 Å². The highest BCUT2D eigenvalue weighted by atomic mass is 16.2. The summed E-state index contributed by atoms with van der Waals surface area (Å²) < 4.78 is 0. The topological polar surface area (TPSA) is 38.0 Å². The first-order valence-corrected chi connectivity index (χ1v) is 10.2. The maximum Gasteiger partial charge on any atom is 0.278 e. The van der Waals surface area contributed by atoms with Crippen molar-refractivity contribution in [3.05, 3.63) is 35.9 Å². The van der Waals surface area contributed by atoms with E-state index in [1.165, 1.54) is 49.0 Å². The number of nitrogens with one attached hydrogen (secondary N) is 3. The molecule has 3 rings (SSSR count). The molecule has 4 heteroatoms. The second-order valence-electron chi connectivity index (χ2n) is 7.99. The highest BCUT2D eigenvalue weighted by molar-refractivity contribution is 5.80. The van der Waals surface area contributed by atoms with Crippen LogP contribution >= 0.6 is 0 Å². The number of piperazine rings is 1. The van der Waals surface area contributed by atoms with Crippen molar-refractivity contribution in [2.45, 2.75) is 64.1 Å². The van der Waals surface area contributed by atoms with Gasteiger partial charge in [0.25, 0.3) is 5.91 Å². The van der Waals surface area contributed by atoms with Crippen LogP contribution in [0.4, 0.5) is 0 Å². The Balaban J connectivity index is 1.42. The molecule has 1 saturated carbocycles.